The normalized spacial score (nSPS) is 15.3. The molecular weight excluding hydrogens is 428 g/mol. The molecule has 1 aromatic heterocycles. The van der Waals surface area contributed by atoms with Crippen molar-refractivity contribution >= 4 is 29.3 Å². The van der Waals surface area contributed by atoms with Crippen molar-refractivity contribution in [1.82, 2.24) is 14.8 Å². The quantitative estimate of drug-likeness (QED) is 0.580. The van der Waals surface area contributed by atoms with E-state index in [9.17, 15) is 4.79 Å². The van der Waals surface area contributed by atoms with Gasteiger partial charge in [-0.2, -0.15) is 0 Å². The van der Waals surface area contributed by atoms with E-state index in [1.54, 1.807) is 18.2 Å². The summed E-state index contributed by atoms with van der Waals surface area (Å²) < 4.78 is 13.3. The molecular formula is C24H23ClN4O3. The Morgan fingerprint density at radius 1 is 1.03 bits per heavy atom. The fourth-order valence-corrected chi connectivity index (χ4v) is 4.18. The molecule has 0 spiro atoms. The van der Waals surface area contributed by atoms with Crippen LogP contribution in [0.15, 0.2) is 42.5 Å². The standard InChI is InChI=1S/C24H23ClN4O3/c25-19-8-7-17(15-18(19)24-28-27-22-4-2-1-3-11-29(22)24)26-23(30)10-6-16-5-9-20-21(14-16)32-13-12-31-20/h5-10,14-15H,1-4,11-13H2,(H,26,30)/b10-6+. The van der Waals surface area contributed by atoms with Crippen LogP contribution < -0.4 is 14.8 Å². The van der Waals surface area contributed by atoms with Crippen LogP contribution in [0, 0.1) is 0 Å². The Morgan fingerprint density at radius 3 is 2.81 bits per heavy atom. The van der Waals surface area contributed by atoms with Crippen molar-refractivity contribution in [3.8, 4) is 22.9 Å². The SMILES string of the molecule is O=C(/C=C/c1ccc2c(c1)OCCO2)Nc1ccc(Cl)c(-c2nnc3n2CCCCC3)c1. The van der Waals surface area contributed by atoms with E-state index in [-0.39, 0.29) is 5.91 Å². The van der Waals surface area contributed by atoms with Crippen molar-refractivity contribution in [3.63, 3.8) is 0 Å². The van der Waals surface area contributed by atoms with Gasteiger partial charge in [-0.1, -0.05) is 24.1 Å². The van der Waals surface area contributed by atoms with E-state index in [4.69, 9.17) is 21.1 Å². The van der Waals surface area contributed by atoms with Crippen LogP contribution in [0.25, 0.3) is 17.5 Å². The van der Waals surface area contributed by atoms with Gasteiger partial charge in [0.1, 0.15) is 19.0 Å². The molecule has 8 heteroatoms. The highest BCUT2D eigenvalue weighted by molar-refractivity contribution is 6.33. The maximum atomic E-state index is 12.5. The fraction of sp³-hybridized carbons (Fsp3) is 0.292. The summed E-state index contributed by atoms with van der Waals surface area (Å²) in [6.45, 7) is 1.95. The topological polar surface area (TPSA) is 78.3 Å². The van der Waals surface area contributed by atoms with Crippen LogP contribution in [-0.4, -0.2) is 33.9 Å². The molecule has 1 amide bonds. The molecule has 2 aliphatic rings. The smallest absolute Gasteiger partial charge is 0.248 e. The molecule has 0 saturated heterocycles. The number of benzene rings is 2. The Morgan fingerprint density at radius 2 is 1.91 bits per heavy atom. The van der Waals surface area contributed by atoms with Crippen LogP contribution in [0.3, 0.4) is 0 Å². The van der Waals surface area contributed by atoms with Gasteiger partial charge in [0.25, 0.3) is 0 Å². The van der Waals surface area contributed by atoms with Gasteiger partial charge in [0.2, 0.25) is 5.91 Å². The number of fused-ring (bicyclic) bond motifs is 2. The number of hydrogen-bond acceptors (Lipinski definition) is 5. The van der Waals surface area contributed by atoms with Crippen LogP contribution >= 0.6 is 11.6 Å². The minimum absolute atomic E-state index is 0.242. The lowest BCUT2D eigenvalue weighted by Crippen LogP contribution is -2.15. The Hall–Kier alpha value is -3.32. The van der Waals surface area contributed by atoms with E-state index >= 15 is 0 Å². The molecule has 0 radical (unpaired) electrons. The lowest BCUT2D eigenvalue weighted by atomic mass is 10.1. The minimum atomic E-state index is -0.242. The third-order valence-electron chi connectivity index (χ3n) is 5.58. The molecule has 3 aromatic rings. The lowest BCUT2D eigenvalue weighted by Gasteiger charge is -2.18. The highest BCUT2D eigenvalue weighted by atomic mass is 35.5. The van der Waals surface area contributed by atoms with Crippen molar-refractivity contribution in [2.75, 3.05) is 18.5 Å². The van der Waals surface area contributed by atoms with Crippen LogP contribution in [0.1, 0.15) is 30.7 Å². The van der Waals surface area contributed by atoms with Gasteiger partial charge in [-0.15, -0.1) is 10.2 Å². The summed E-state index contributed by atoms with van der Waals surface area (Å²) in [7, 11) is 0. The maximum Gasteiger partial charge on any atom is 0.248 e. The van der Waals surface area contributed by atoms with Crippen LogP contribution in [-0.2, 0) is 17.8 Å². The summed E-state index contributed by atoms with van der Waals surface area (Å²) in [5, 5.41) is 12.2. The monoisotopic (exact) mass is 450 g/mol. The fourth-order valence-electron chi connectivity index (χ4n) is 3.98. The largest absolute Gasteiger partial charge is 0.486 e. The summed E-state index contributed by atoms with van der Waals surface area (Å²) in [5.74, 6) is 2.90. The summed E-state index contributed by atoms with van der Waals surface area (Å²) >= 11 is 6.48. The zero-order valence-corrected chi connectivity index (χ0v) is 18.3. The predicted molar refractivity (Wildman–Crippen MR) is 123 cm³/mol. The first-order chi connectivity index (χ1) is 15.7. The second kappa shape index (κ2) is 9.04. The third-order valence-corrected chi connectivity index (χ3v) is 5.91. The van der Waals surface area contributed by atoms with Gasteiger partial charge in [-0.25, -0.2) is 0 Å². The van der Waals surface area contributed by atoms with Crippen molar-refractivity contribution in [3.05, 3.63) is 58.9 Å². The molecule has 1 N–H and O–H groups in total. The second-order valence-corrected chi connectivity index (χ2v) is 8.23. The average Bonchev–Trinajstić information content (AvgIpc) is 3.06. The summed E-state index contributed by atoms with van der Waals surface area (Å²) in [5.41, 5.74) is 2.26. The first-order valence-corrected chi connectivity index (χ1v) is 11.2. The number of carbonyl (C=O) groups is 1. The van der Waals surface area contributed by atoms with E-state index in [1.165, 1.54) is 12.5 Å². The van der Waals surface area contributed by atoms with Crippen molar-refractivity contribution in [1.29, 1.82) is 0 Å². The van der Waals surface area contributed by atoms with Gasteiger partial charge in [0, 0.05) is 30.3 Å². The van der Waals surface area contributed by atoms with E-state index in [2.05, 4.69) is 20.1 Å². The Bertz CT molecular complexity index is 1190. The molecule has 0 unspecified atom stereocenters. The van der Waals surface area contributed by atoms with Gasteiger partial charge in [-0.3, -0.25) is 4.79 Å². The van der Waals surface area contributed by atoms with E-state index in [0.29, 0.717) is 29.7 Å². The predicted octanol–water partition coefficient (Wildman–Crippen LogP) is 4.75. The number of aromatic nitrogens is 3. The van der Waals surface area contributed by atoms with Crippen LogP contribution in [0.4, 0.5) is 5.69 Å². The molecule has 5 rings (SSSR count). The molecule has 0 bridgehead atoms. The van der Waals surface area contributed by atoms with Crippen LogP contribution in [0.5, 0.6) is 11.5 Å². The summed E-state index contributed by atoms with van der Waals surface area (Å²) in [6.07, 6.45) is 7.55. The number of hydrogen-bond donors (Lipinski definition) is 1. The zero-order valence-electron chi connectivity index (χ0n) is 17.5. The highest BCUT2D eigenvalue weighted by Crippen LogP contribution is 2.32. The summed E-state index contributed by atoms with van der Waals surface area (Å²) in [4.78, 5) is 12.5. The molecule has 7 nitrogen and oxygen atoms in total. The molecule has 2 aliphatic heterocycles. The summed E-state index contributed by atoms with van der Waals surface area (Å²) in [6, 6.07) is 11.0. The maximum absolute atomic E-state index is 12.5. The first kappa shape index (κ1) is 20.6. The number of halogens is 1. The lowest BCUT2D eigenvalue weighted by molar-refractivity contribution is -0.111. The van der Waals surface area contributed by atoms with Gasteiger partial charge in [0.05, 0.1) is 5.02 Å². The van der Waals surface area contributed by atoms with Gasteiger partial charge in [-0.05, 0) is 54.8 Å². The molecule has 0 fully saturated rings. The van der Waals surface area contributed by atoms with Gasteiger partial charge < -0.3 is 19.4 Å². The molecule has 3 heterocycles. The zero-order chi connectivity index (χ0) is 21.9. The van der Waals surface area contributed by atoms with E-state index in [0.717, 1.165) is 54.3 Å². The van der Waals surface area contributed by atoms with Gasteiger partial charge in [0.15, 0.2) is 17.3 Å². The highest BCUT2D eigenvalue weighted by Gasteiger charge is 2.18. The molecule has 0 atom stereocenters. The van der Waals surface area contributed by atoms with Crippen molar-refractivity contribution in [2.45, 2.75) is 32.2 Å². The van der Waals surface area contributed by atoms with Crippen LogP contribution in [0.2, 0.25) is 5.02 Å². The number of nitrogens with zero attached hydrogens (tertiary/aromatic N) is 3. The number of nitrogens with one attached hydrogen (secondary N) is 1. The molecule has 0 aliphatic carbocycles. The Balaban J connectivity index is 1.32. The number of rotatable bonds is 4. The minimum Gasteiger partial charge on any atom is -0.486 e. The number of anilines is 1. The first-order valence-electron chi connectivity index (χ1n) is 10.8. The molecule has 164 valence electrons. The van der Waals surface area contributed by atoms with E-state index < -0.39 is 0 Å². The molecule has 32 heavy (non-hydrogen) atoms. The number of amides is 1. The third kappa shape index (κ3) is 4.34. The number of ether oxygens (including phenoxy) is 2. The van der Waals surface area contributed by atoms with E-state index in [1.807, 2.05) is 24.3 Å². The Labute approximate surface area is 191 Å². The Kier molecular flexibility index (Phi) is 5.81. The second-order valence-electron chi connectivity index (χ2n) is 7.82. The number of carbonyl (C=O) groups excluding carboxylic acids is 1. The molecule has 0 saturated carbocycles. The molecule has 2 aromatic carbocycles. The van der Waals surface area contributed by atoms with Crippen molar-refractivity contribution < 1.29 is 14.3 Å². The van der Waals surface area contributed by atoms with Gasteiger partial charge >= 0.3 is 0 Å². The van der Waals surface area contributed by atoms with Crippen molar-refractivity contribution in [2.24, 2.45) is 0 Å². The average molecular weight is 451 g/mol. The number of aryl methyl sites for hydroxylation is 1.